The highest BCUT2D eigenvalue weighted by Crippen LogP contribution is 2.55. The highest BCUT2D eigenvalue weighted by molar-refractivity contribution is 7.24. The average molecular weight is 888 g/mol. The van der Waals surface area contributed by atoms with Crippen LogP contribution in [0.5, 0.6) is 11.5 Å². The van der Waals surface area contributed by atoms with Crippen LogP contribution in [0.1, 0.15) is 61.1 Å². The number of hydrogen-bond donors (Lipinski definition) is 0. The molecular weight excluding hydrogens is 847 g/mol. The average Bonchev–Trinajstić information content (AvgIpc) is 4.06. The van der Waals surface area contributed by atoms with Crippen LogP contribution in [0.2, 0.25) is 0 Å². The molecule has 0 aliphatic carbocycles. The van der Waals surface area contributed by atoms with Gasteiger partial charge in [-0.3, -0.25) is 0 Å². The fraction of sp³-hybridized carbons (Fsp3) is 0.245. The van der Waals surface area contributed by atoms with E-state index in [2.05, 4.69) is 121 Å². The van der Waals surface area contributed by atoms with Gasteiger partial charge in [-0.25, -0.2) is 4.98 Å². The third kappa shape index (κ3) is 5.44. The smallest absolute Gasteiger partial charge is 0.140 e. The van der Waals surface area contributed by atoms with E-state index < -0.39 is 5.60 Å². The number of aromatic nitrogens is 7. The standard InChI is InChI=1S/C49H41N7O2S4/c1-22-16-28(37-21-35-47(62-37)44-32(11-13-59-44)48(5,6)58-35)23(2)15-26(22)30-19-31-39(43-40(30)51-55(9)54-43)50-38(42-41(31)52-56(10)53-42)29-18-24(3)27(17-25(29)4)36-20-33-45(61-36)46-34(12-14-60-46)57-49(33,7)8/h11-21H,1-10H3. The van der Waals surface area contributed by atoms with Gasteiger partial charge < -0.3 is 9.47 Å². The highest BCUT2D eigenvalue weighted by atomic mass is 32.1. The van der Waals surface area contributed by atoms with Crippen LogP contribution in [-0.4, -0.2) is 35.0 Å². The fourth-order valence-corrected chi connectivity index (χ4v) is 14.3. The van der Waals surface area contributed by atoms with Crippen molar-refractivity contribution in [3.63, 3.8) is 0 Å². The van der Waals surface area contributed by atoms with E-state index in [4.69, 9.17) is 34.9 Å². The van der Waals surface area contributed by atoms with Crippen molar-refractivity contribution in [1.29, 1.82) is 0 Å². The minimum absolute atomic E-state index is 0.367. The number of aryl methyl sites for hydroxylation is 6. The summed E-state index contributed by atoms with van der Waals surface area (Å²) in [6.45, 7) is 17.3. The van der Waals surface area contributed by atoms with Crippen molar-refractivity contribution in [3.05, 3.63) is 98.7 Å². The number of thiophene rings is 4. The maximum Gasteiger partial charge on any atom is 0.140 e. The van der Waals surface area contributed by atoms with Crippen LogP contribution < -0.4 is 9.47 Å². The van der Waals surface area contributed by atoms with Crippen LogP contribution in [0.4, 0.5) is 0 Å². The Morgan fingerprint density at radius 1 is 0.484 bits per heavy atom. The van der Waals surface area contributed by atoms with Gasteiger partial charge in [-0.05, 0) is 154 Å². The van der Waals surface area contributed by atoms with Gasteiger partial charge in [-0.1, -0.05) is 6.07 Å². The lowest BCUT2D eigenvalue weighted by molar-refractivity contribution is 0.107. The molecule has 0 fully saturated rings. The van der Waals surface area contributed by atoms with E-state index in [0.717, 1.165) is 83.5 Å². The van der Waals surface area contributed by atoms with E-state index in [0.29, 0.717) is 0 Å². The van der Waals surface area contributed by atoms with Gasteiger partial charge in [0.15, 0.2) is 0 Å². The van der Waals surface area contributed by atoms with Crippen molar-refractivity contribution in [2.45, 2.75) is 66.6 Å². The Balaban J connectivity index is 0.987. The van der Waals surface area contributed by atoms with Crippen LogP contribution in [0.25, 0.3) is 95.7 Å². The molecule has 3 aromatic carbocycles. The predicted octanol–water partition coefficient (Wildman–Crippen LogP) is 13.5. The number of nitrogens with zero attached hydrogens (tertiary/aromatic N) is 7. The predicted molar refractivity (Wildman–Crippen MR) is 256 cm³/mol. The largest absolute Gasteiger partial charge is 0.482 e. The summed E-state index contributed by atoms with van der Waals surface area (Å²) in [5.74, 6) is 1.93. The van der Waals surface area contributed by atoms with E-state index in [1.54, 1.807) is 32.3 Å². The summed E-state index contributed by atoms with van der Waals surface area (Å²) in [5, 5.41) is 25.1. The Labute approximate surface area is 374 Å². The Morgan fingerprint density at radius 3 is 1.82 bits per heavy atom. The van der Waals surface area contributed by atoms with E-state index in [1.165, 1.54) is 57.1 Å². The molecule has 12 rings (SSSR count). The molecule has 0 radical (unpaired) electrons. The second-order valence-electron chi connectivity index (χ2n) is 17.7. The van der Waals surface area contributed by atoms with Gasteiger partial charge in [0.25, 0.3) is 0 Å². The molecule has 13 heteroatoms. The number of ether oxygens (including phenoxy) is 2. The molecule has 62 heavy (non-hydrogen) atoms. The molecular formula is C49H41N7O2S4. The topological polar surface area (TPSA) is 92.8 Å². The molecule has 7 aromatic heterocycles. The first kappa shape index (κ1) is 38.0. The van der Waals surface area contributed by atoms with Crippen LogP contribution in [0.3, 0.4) is 0 Å². The third-order valence-electron chi connectivity index (χ3n) is 12.5. The van der Waals surface area contributed by atoms with Gasteiger partial charge in [0.05, 0.1) is 19.5 Å². The zero-order valence-corrected chi connectivity index (χ0v) is 39.2. The number of fused-ring (bicyclic) bond motifs is 11. The summed E-state index contributed by atoms with van der Waals surface area (Å²) < 4.78 is 13.0. The third-order valence-corrected chi connectivity index (χ3v) is 17.0. The van der Waals surface area contributed by atoms with Crippen molar-refractivity contribution in [2.75, 3.05) is 0 Å². The number of rotatable bonds is 4. The molecule has 0 saturated carbocycles. The summed E-state index contributed by atoms with van der Waals surface area (Å²) >= 11 is 7.19. The van der Waals surface area contributed by atoms with Gasteiger partial charge in [-0.2, -0.15) is 30.0 Å². The maximum absolute atomic E-state index is 6.58. The van der Waals surface area contributed by atoms with Gasteiger partial charge in [0.2, 0.25) is 0 Å². The first-order valence-corrected chi connectivity index (χ1v) is 24.0. The minimum atomic E-state index is -0.410. The molecule has 0 spiro atoms. The first-order valence-electron chi connectivity index (χ1n) is 20.6. The van der Waals surface area contributed by atoms with Crippen molar-refractivity contribution in [3.8, 4) is 74.3 Å². The van der Waals surface area contributed by atoms with Crippen LogP contribution in [0, 0.1) is 27.7 Å². The lowest BCUT2D eigenvalue weighted by Crippen LogP contribution is -2.27. The SMILES string of the molecule is Cc1cc(-c2cc3c4nn(C)nc4c(-c4cc(C)c(-c5cc6c(s5)-c5sccc5OC6(C)C)cc4C)nc3c3nn(C)nc23)c(C)cc1-c1cc2c(s1)-c1sccc1C(C)(C)O2. The zero-order chi connectivity index (χ0) is 42.7. The number of pyridine rings is 1. The lowest BCUT2D eigenvalue weighted by Gasteiger charge is -2.31. The van der Waals surface area contributed by atoms with Crippen molar-refractivity contribution < 1.29 is 9.47 Å². The molecule has 2 aliphatic rings. The molecule has 0 atom stereocenters. The summed E-state index contributed by atoms with van der Waals surface area (Å²) in [7, 11) is 3.75. The second-order valence-corrected chi connectivity index (χ2v) is 21.6. The van der Waals surface area contributed by atoms with Gasteiger partial charge in [0.1, 0.15) is 56.0 Å². The number of benzene rings is 3. The molecule has 2 aliphatic heterocycles. The van der Waals surface area contributed by atoms with E-state index in [1.807, 2.05) is 36.8 Å². The van der Waals surface area contributed by atoms with E-state index >= 15 is 0 Å². The number of hydrogen-bond acceptors (Lipinski definition) is 11. The van der Waals surface area contributed by atoms with Crippen LogP contribution >= 0.6 is 45.3 Å². The fourth-order valence-electron chi connectivity index (χ4n) is 9.51. The van der Waals surface area contributed by atoms with Crippen LogP contribution in [0.15, 0.2) is 65.4 Å². The summed E-state index contributed by atoms with van der Waals surface area (Å²) in [6.07, 6.45) is 0. The van der Waals surface area contributed by atoms with Crippen molar-refractivity contribution >= 4 is 78.3 Å². The first-order chi connectivity index (χ1) is 29.6. The molecule has 0 saturated heterocycles. The molecule has 0 N–H and O–H groups in total. The van der Waals surface area contributed by atoms with E-state index in [-0.39, 0.29) is 5.60 Å². The van der Waals surface area contributed by atoms with Crippen LogP contribution in [-0.2, 0) is 25.3 Å². The molecule has 0 amide bonds. The normalized spacial score (nSPS) is 14.8. The quantitative estimate of drug-likeness (QED) is 0.174. The van der Waals surface area contributed by atoms with Gasteiger partial charge in [0, 0.05) is 51.5 Å². The Bertz CT molecular complexity index is 3570. The van der Waals surface area contributed by atoms with Gasteiger partial charge in [-0.15, -0.1) is 45.3 Å². The van der Waals surface area contributed by atoms with Crippen molar-refractivity contribution in [2.24, 2.45) is 14.1 Å². The van der Waals surface area contributed by atoms with E-state index in [9.17, 15) is 0 Å². The Morgan fingerprint density at radius 2 is 1.05 bits per heavy atom. The molecule has 308 valence electrons. The molecule has 9 heterocycles. The molecule has 0 bridgehead atoms. The molecule has 0 unspecified atom stereocenters. The summed E-state index contributed by atoms with van der Waals surface area (Å²) in [5.41, 5.74) is 16.4. The molecule has 9 nitrogen and oxygen atoms in total. The lowest BCUT2D eigenvalue weighted by atomic mass is 9.91. The monoisotopic (exact) mass is 887 g/mol. The summed E-state index contributed by atoms with van der Waals surface area (Å²) in [6, 6.07) is 20.2. The van der Waals surface area contributed by atoms with Crippen molar-refractivity contribution in [1.82, 2.24) is 35.0 Å². The molecule has 10 aromatic rings. The zero-order valence-electron chi connectivity index (χ0n) is 35.9. The summed E-state index contributed by atoms with van der Waals surface area (Å²) in [4.78, 5) is 16.2. The Kier molecular flexibility index (Phi) is 7.91. The maximum atomic E-state index is 6.58. The Hall–Kier alpha value is -5.73. The highest BCUT2D eigenvalue weighted by Gasteiger charge is 2.37. The second kappa shape index (κ2) is 12.9. The van der Waals surface area contributed by atoms with Gasteiger partial charge >= 0.3 is 0 Å². The minimum Gasteiger partial charge on any atom is -0.482 e.